The van der Waals surface area contributed by atoms with Crippen molar-refractivity contribution in [1.29, 1.82) is 5.41 Å². The Morgan fingerprint density at radius 2 is 1.81 bits per heavy atom. The molecule has 216 valence electrons. The molecule has 9 nitrogen and oxygen atoms in total. The number of benzene rings is 2. The van der Waals surface area contributed by atoms with Gasteiger partial charge in [0.2, 0.25) is 11.8 Å². The number of amides is 2. The van der Waals surface area contributed by atoms with E-state index < -0.39 is 17.9 Å². The number of hydrogen-bond acceptors (Lipinski definition) is 7. The van der Waals surface area contributed by atoms with Crippen LogP contribution in [0.25, 0.3) is 0 Å². The van der Waals surface area contributed by atoms with E-state index in [0.717, 1.165) is 16.7 Å². The van der Waals surface area contributed by atoms with Crippen LogP contribution in [-0.2, 0) is 33.6 Å². The molecule has 3 N–H and O–H groups in total. The highest BCUT2D eigenvalue weighted by molar-refractivity contribution is 7.11. The molecule has 2 fully saturated rings. The summed E-state index contributed by atoms with van der Waals surface area (Å²) in [7, 11) is 0. The number of ketones is 2. The van der Waals surface area contributed by atoms with Crippen LogP contribution in [-0.4, -0.2) is 69.2 Å². The highest BCUT2D eigenvalue weighted by atomic mass is 32.1. The molecule has 3 heterocycles. The van der Waals surface area contributed by atoms with Crippen LogP contribution < -0.4 is 5.73 Å². The molecule has 0 radical (unpaired) electrons. The maximum atomic E-state index is 14.3. The van der Waals surface area contributed by atoms with Gasteiger partial charge >= 0.3 is 0 Å². The molecule has 3 unspecified atom stereocenters. The fraction of sp³-hybridized carbons (Fsp3) is 0.375. The van der Waals surface area contributed by atoms with Crippen LogP contribution in [0.5, 0.6) is 0 Å². The Labute approximate surface area is 248 Å². The second-order valence-electron chi connectivity index (χ2n) is 11.4. The lowest BCUT2D eigenvalue weighted by Crippen LogP contribution is -2.59. The van der Waals surface area contributed by atoms with E-state index in [9.17, 15) is 19.2 Å². The fourth-order valence-electron chi connectivity index (χ4n) is 6.79. The summed E-state index contributed by atoms with van der Waals surface area (Å²) < 4.78 is 0. The molecule has 4 atom stereocenters. The van der Waals surface area contributed by atoms with E-state index in [1.54, 1.807) is 27.4 Å². The molecule has 3 aliphatic rings. The van der Waals surface area contributed by atoms with Crippen LogP contribution in [0.2, 0.25) is 0 Å². The van der Waals surface area contributed by atoms with Gasteiger partial charge in [-0.05, 0) is 54.9 Å². The second kappa shape index (κ2) is 11.6. The van der Waals surface area contributed by atoms with Crippen molar-refractivity contribution in [3.63, 3.8) is 0 Å². The summed E-state index contributed by atoms with van der Waals surface area (Å²) in [6.07, 6.45) is 4.40. The van der Waals surface area contributed by atoms with Crippen LogP contribution in [0, 0.1) is 17.2 Å². The molecule has 10 heteroatoms. The number of aromatic nitrogens is 1. The number of Topliss-reactive ketones (excluding diaryl/α,β-unsaturated/α-hetero) is 2. The number of nitrogens with zero attached hydrogens (tertiary/aromatic N) is 3. The number of aryl methyl sites for hydroxylation is 1. The lowest BCUT2D eigenvalue weighted by Gasteiger charge is -2.41. The van der Waals surface area contributed by atoms with Gasteiger partial charge in [0.15, 0.2) is 16.6 Å². The summed E-state index contributed by atoms with van der Waals surface area (Å²) in [6, 6.07) is 14.5. The molecule has 6 rings (SSSR count). The van der Waals surface area contributed by atoms with Gasteiger partial charge in [-0.2, -0.15) is 0 Å². The number of nitrogen functional groups attached to an aromatic ring is 1. The molecular weight excluding hydrogens is 550 g/mol. The van der Waals surface area contributed by atoms with Crippen LogP contribution in [0.15, 0.2) is 60.1 Å². The number of carbonyl (C=O) groups excluding carboxylic acids is 4. The number of thiazole rings is 1. The Hall–Kier alpha value is -4.18. The summed E-state index contributed by atoms with van der Waals surface area (Å²) in [5.74, 6) is -1.80. The first-order valence-corrected chi connectivity index (χ1v) is 15.2. The van der Waals surface area contributed by atoms with Crippen molar-refractivity contribution in [2.24, 2.45) is 17.6 Å². The lowest BCUT2D eigenvalue weighted by molar-refractivity contribution is -0.151. The minimum atomic E-state index is -0.627. The maximum Gasteiger partial charge on any atom is 0.243 e. The molecular formula is C32H33N5O4S. The Kier molecular flexibility index (Phi) is 7.72. The van der Waals surface area contributed by atoms with E-state index >= 15 is 0 Å². The Balaban J connectivity index is 1.20. The van der Waals surface area contributed by atoms with Gasteiger partial charge in [0.1, 0.15) is 5.84 Å². The molecule has 1 aromatic heterocycles. The first-order chi connectivity index (χ1) is 20.3. The van der Waals surface area contributed by atoms with E-state index in [2.05, 4.69) is 4.98 Å². The minimum absolute atomic E-state index is 0.0369. The number of piperazine rings is 1. The third-order valence-corrected chi connectivity index (χ3v) is 9.71. The van der Waals surface area contributed by atoms with Gasteiger partial charge in [0.05, 0.1) is 18.6 Å². The summed E-state index contributed by atoms with van der Waals surface area (Å²) in [5, 5.41) is 9.97. The largest absolute Gasteiger partial charge is 0.384 e. The molecule has 2 aromatic carbocycles. The predicted octanol–water partition coefficient (Wildman–Crippen LogP) is 3.04. The third-order valence-electron chi connectivity index (χ3n) is 8.93. The molecule has 42 heavy (non-hydrogen) atoms. The monoisotopic (exact) mass is 583 g/mol. The SMILES string of the molecule is N=C(N)c1ccc2c(c1)CC(C(=O)C1CC[C@H]3CN(C(=O)CCc4ccccc4)CC(=O)N13)C(C(=O)c1nccs1)C2. The normalized spacial score (nSPS) is 23.3. The van der Waals surface area contributed by atoms with Gasteiger partial charge in [0.25, 0.3) is 0 Å². The maximum absolute atomic E-state index is 14.3. The molecule has 0 saturated carbocycles. The third kappa shape index (κ3) is 5.38. The molecule has 2 aliphatic heterocycles. The molecule has 1 aliphatic carbocycles. The molecule has 0 bridgehead atoms. The number of carbonyl (C=O) groups is 4. The zero-order chi connectivity index (χ0) is 29.4. The smallest absolute Gasteiger partial charge is 0.243 e. The Morgan fingerprint density at radius 1 is 1.02 bits per heavy atom. The fourth-order valence-corrected chi connectivity index (χ4v) is 7.43. The van der Waals surface area contributed by atoms with E-state index in [1.165, 1.54) is 11.3 Å². The standard InChI is InChI=1S/C32H33N5O4S/c33-31(34)21-8-7-20-15-25(30(41)32-35-12-13-42-32)24(16-22(20)14-21)29(40)26-10-9-23-17-36(18-28(39)37(23)26)27(38)11-6-19-4-2-1-3-5-19/h1-5,7-8,12-14,23-26H,6,9-11,15-18H2,(H3,33,34)/t23-,24?,25?,26?/m0/s1. The average Bonchev–Trinajstić information content (AvgIpc) is 3.70. The van der Waals surface area contributed by atoms with Crippen LogP contribution in [0.1, 0.15) is 51.3 Å². The first kappa shape index (κ1) is 28.0. The lowest BCUT2D eigenvalue weighted by atomic mass is 9.70. The summed E-state index contributed by atoms with van der Waals surface area (Å²) in [6.45, 7) is 0.380. The molecule has 2 saturated heterocycles. The van der Waals surface area contributed by atoms with Gasteiger partial charge in [-0.3, -0.25) is 24.6 Å². The Morgan fingerprint density at radius 3 is 2.55 bits per heavy atom. The van der Waals surface area contributed by atoms with Crippen molar-refractivity contribution in [2.45, 2.75) is 50.6 Å². The number of hydrogen-bond donors (Lipinski definition) is 2. The first-order valence-electron chi connectivity index (χ1n) is 14.4. The van der Waals surface area contributed by atoms with Crippen molar-refractivity contribution in [3.05, 3.63) is 87.4 Å². The second-order valence-corrected chi connectivity index (χ2v) is 12.3. The zero-order valence-corrected chi connectivity index (χ0v) is 24.0. The van der Waals surface area contributed by atoms with Gasteiger partial charge in [-0.1, -0.05) is 42.5 Å². The highest BCUT2D eigenvalue weighted by Gasteiger charge is 2.49. The summed E-state index contributed by atoms with van der Waals surface area (Å²) >= 11 is 1.26. The van der Waals surface area contributed by atoms with Crippen LogP contribution in [0.4, 0.5) is 0 Å². The zero-order valence-electron chi connectivity index (χ0n) is 23.2. The molecule has 0 spiro atoms. The van der Waals surface area contributed by atoms with Gasteiger partial charge in [-0.25, -0.2) is 4.98 Å². The highest BCUT2D eigenvalue weighted by Crippen LogP contribution is 2.38. The Bertz CT molecular complexity index is 1540. The minimum Gasteiger partial charge on any atom is -0.384 e. The van der Waals surface area contributed by atoms with E-state index in [-0.39, 0.29) is 41.8 Å². The van der Waals surface area contributed by atoms with E-state index in [1.807, 2.05) is 42.5 Å². The van der Waals surface area contributed by atoms with Crippen LogP contribution in [0.3, 0.4) is 0 Å². The van der Waals surface area contributed by atoms with Gasteiger partial charge in [0, 0.05) is 41.9 Å². The number of rotatable bonds is 8. The van der Waals surface area contributed by atoms with Crippen molar-refractivity contribution in [1.82, 2.24) is 14.8 Å². The number of nitrogens with two attached hydrogens (primary N) is 1. The number of nitrogens with one attached hydrogen (secondary N) is 1. The van der Waals surface area contributed by atoms with Crippen LogP contribution >= 0.6 is 11.3 Å². The summed E-state index contributed by atoms with van der Waals surface area (Å²) in [4.78, 5) is 61.9. The number of fused-ring (bicyclic) bond motifs is 2. The van der Waals surface area contributed by atoms with Crippen molar-refractivity contribution in [2.75, 3.05) is 13.1 Å². The van der Waals surface area contributed by atoms with Crippen molar-refractivity contribution < 1.29 is 19.2 Å². The molecule has 3 aromatic rings. The van der Waals surface area contributed by atoms with E-state index in [0.29, 0.717) is 55.6 Å². The quantitative estimate of drug-likeness (QED) is 0.238. The van der Waals surface area contributed by atoms with Crippen molar-refractivity contribution in [3.8, 4) is 0 Å². The van der Waals surface area contributed by atoms with Gasteiger partial charge in [-0.15, -0.1) is 11.3 Å². The molecule has 2 amide bonds. The van der Waals surface area contributed by atoms with Crippen molar-refractivity contribution >= 4 is 40.6 Å². The topological polar surface area (TPSA) is 138 Å². The average molecular weight is 584 g/mol. The predicted molar refractivity (Wildman–Crippen MR) is 158 cm³/mol. The summed E-state index contributed by atoms with van der Waals surface area (Å²) in [5.41, 5.74) is 9.25. The number of amidine groups is 1. The van der Waals surface area contributed by atoms with E-state index in [4.69, 9.17) is 11.1 Å². The van der Waals surface area contributed by atoms with Gasteiger partial charge < -0.3 is 15.5 Å².